The minimum atomic E-state index is -0.623. The van der Waals surface area contributed by atoms with Gasteiger partial charge in [-0.2, -0.15) is 5.26 Å². The van der Waals surface area contributed by atoms with Crippen molar-refractivity contribution in [1.29, 1.82) is 5.26 Å². The average molecular weight is 450 g/mol. The molecule has 0 bridgehead atoms. The van der Waals surface area contributed by atoms with Crippen LogP contribution >= 0.6 is 35.0 Å². The Hall–Kier alpha value is -2.53. The lowest BCUT2D eigenvalue weighted by Crippen LogP contribution is -2.31. The van der Waals surface area contributed by atoms with Crippen molar-refractivity contribution in [2.45, 2.75) is 11.7 Å². The molecule has 1 N–H and O–H groups in total. The first-order valence-corrected chi connectivity index (χ1v) is 10.1. The van der Waals surface area contributed by atoms with Gasteiger partial charge in [0.1, 0.15) is 22.5 Å². The number of carbonyl (C=O) groups excluding carboxylic acids is 2. The van der Waals surface area contributed by atoms with Crippen molar-refractivity contribution < 1.29 is 14.0 Å². The van der Waals surface area contributed by atoms with Crippen LogP contribution in [0.5, 0.6) is 0 Å². The number of rotatable bonds is 4. The second-order valence-electron chi connectivity index (χ2n) is 6.07. The molecule has 1 aliphatic rings. The number of thioether (sulfide) groups is 1. The fourth-order valence-electron chi connectivity index (χ4n) is 2.82. The van der Waals surface area contributed by atoms with E-state index in [1.54, 1.807) is 18.2 Å². The highest BCUT2D eigenvalue weighted by atomic mass is 35.5. The monoisotopic (exact) mass is 449 g/mol. The van der Waals surface area contributed by atoms with Gasteiger partial charge in [-0.1, -0.05) is 41.0 Å². The zero-order valence-corrected chi connectivity index (χ0v) is 17.4. The largest absolute Gasteiger partial charge is 0.354 e. The van der Waals surface area contributed by atoms with E-state index in [2.05, 4.69) is 5.32 Å². The quantitative estimate of drug-likeness (QED) is 0.557. The number of nitrogens with zero attached hydrogens (tertiary/aromatic N) is 2. The van der Waals surface area contributed by atoms with Crippen molar-refractivity contribution in [3.63, 3.8) is 0 Å². The van der Waals surface area contributed by atoms with E-state index in [0.29, 0.717) is 21.3 Å². The molecule has 0 saturated carbocycles. The van der Waals surface area contributed by atoms with Crippen molar-refractivity contribution in [3.05, 3.63) is 74.5 Å². The molecule has 1 atom stereocenters. The van der Waals surface area contributed by atoms with Crippen molar-refractivity contribution in [2.75, 3.05) is 11.9 Å². The Kier molecular flexibility index (Phi) is 6.48. The molecule has 5 nitrogen and oxygen atoms in total. The molecule has 29 heavy (non-hydrogen) atoms. The average Bonchev–Trinajstić information content (AvgIpc) is 3.01. The maximum Gasteiger partial charge on any atom is 0.264 e. The zero-order valence-electron chi connectivity index (χ0n) is 15.1. The molecule has 0 spiro atoms. The number of benzene rings is 2. The lowest BCUT2D eigenvalue weighted by atomic mass is 10.1. The number of amides is 2. The standard InChI is InChI=1S/C20H14Cl2FN3O2S/c1-25-18(27)15(10-24)20-26(14-6-4-13(23)5-7-14)19(28)17(29-20)8-11-2-3-12(21)9-16(11)22/h2-7,9,17H,8H2,1H3,(H,25,27)/b20-15-/t17-/m1/s1. The lowest BCUT2D eigenvalue weighted by Gasteiger charge is -2.18. The minimum absolute atomic E-state index is 0.193. The molecule has 9 heteroatoms. The summed E-state index contributed by atoms with van der Waals surface area (Å²) in [5, 5.41) is 12.4. The molecule has 0 aromatic heterocycles. The number of carbonyl (C=O) groups is 2. The van der Waals surface area contributed by atoms with Crippen LogP contribution in [0.15, 0.2) is 53.1 Å². The van der Waals surface area contributed by atoms with Gasteiger partial charge in [-0.05, 0) is 48.4 Å². The summed E-state index contributed by atoms with van der Waals surface area (Å²) in [5.41, 5.74) is 0.876. The van der Waals surface area contributed by atoms with Gasteiger partial charge >= 0.3 is 0 Å². The Labute approximate surface area is 181 Å². The molecule has 2 amide bonds. The molecule has 148 valence electrons. The van der Waals surface area contributed by atoms with E-state index in [-0.39, 0.29) is 22.9 Å². The molecule has 2 aromatic carbocycles. The van der Waals surface area contributed by atoms with Crippen LogP contribution in [0, 0.1) is 17.1 Å². The summed E-state index contributed by atoms with van der Waals surface area (Å²) in [7, 11) is 1.40. The molecular formula is C20H14Cl2FN3O2S. The maximum absolute atomic E-state index is 13.4. The van der Waals surface area contributed by atoms with Crippen LogP contribution in [0.1, 0.15) is 5.56 Å². The number of anilines is 1. The minimum Gasteiger partial charge on any atom is -0.354 e. The number of nitrogens with one attached hydrogen (secondary N) is 1. The summed E-state index contributed by atoms with van der Waals surface area (Å²) < 4.78 is 13.4. The predicted octanol–water partition coefficient (Wildman–Crippen LogP) is 4.30. The van der Waals surface area contributed by atoms with Gasteiger partial charge in [0.05, 0.1) is 5.25 Å². The second-order valence-corrected chi connectivity index (χ2v) is 8.10. The fourth-order valence-corrected chi connectivity index (χ4v) is 4.61. The van der Waals surface area contributed by atoms with E-state index in [4.69, 9.17) is 23.2 Å². The van der Waals surface area contributed by atoms with Gasteiger partial charge < -0.3 is 5.32 Å². The Morgan fingerprint density at radius 3 is 2.55 bits per heavy atom. The highest BCUT2D eigenvalue weighted by Crippen LogP contribution is 2.42. The Morgan fingerprint density at radius 2 is 1.97 bits per heavy atom. The first-order chi connectivity index (χ1) is 13.8. The molecule has 0 unspecified atom stereocenters. The third-order valence-corrected chi connectivity index (χ3v) is 6.09. The first-order valence-electron chi connectivity index (χ1n) is 8.42. The SMILES string of the molecule is CNC(=O)/C(C#N)=C1\S[C@H](Cc2ccc(Cl)cc2Cl)C(=O)N1c1ccc(F)cc1. The van der Waals surface area contributed by atoms with Gasteiger partial charge in [0.2, 0.25) is 5.91 Å². The number of nitriles is 1. The normalized spacial score (nSPS) is 17.8. The van der Waals surface area contributed by atoms with Gasteiger partial charge in [-0.3, -0.25) is 14.5 Å². The van der Waals surface area contributed by atoms with Gasteiger partial charge in [-0.15, -0.1) is 0 Å². The van der Waals surface area contributed by atoms with Crippen LogP contribution in [0.2, 0.25) is 10.0 Å². The molecule has 0 aliphatic carbocycles. The summed E-state index contributed by atoms with van der Waals surface area (Å²) in [6.07, 6.45) is 0.271. The molecule has 1 fully saturated rings. The molecule has 3 rings (SSSR count). The smallest absolute Gasteiger partial charge is 0.264 e. The molecule has 2 aromatic rings. The molecular weight excluding hydrogens is 436 g/mol. The van der Waals surface area contributed by atoms with Crippen LogP contribution in [0.3, 0.4) is 0 Å². The highest BCUT2D eigenvalue weighted by molar-refractivity contribution is 8.05. The number of hydrogen-bond acceptors (Lipinski definition) is 4. The van der Waals surface area contributed by atoms with E-state index in [0.717, 1.165) is 11.8 Å². The van der Waals surface area contributed by atoms with E-state index in [1.165, 1.54) is 36.2 Å². The van der Waals surface area contributed by atoms with E-state index >= 15 is 0 Å². The van der Waals surface area contributed by atoms with Crippen molar-refractivity contribution >= 4 is 52.5 Å². The second kappa shape index (κ2) is 8.87. The third-order valence-electron chi connectivity index (χ3n) is 4.24. The van der Waals surface area contributed by atoms with Gasteiger partial charge in [-0.25, -0.2) is 4.39 Å². The lowest BCUT2D eigenvalue weighted by molar-refractivity contribution is -0.117. The zero-order chi connectivity index (χ0) is 21.1. The van der Waals surface area contributed by atoms with Gasteiger partial charge in [0, 0.05) is 22.8 Å². The summed E-state index contributed by atoms with van der Waals surface area (Å²) >= 11 is 13.3. The van der Waals surface area contributed by atoms with Crippen LogP contribution < -0.4 is 10.2 Å². The number of halogens is 3. The topological polar surface area (TPSA) is 73.2 Å². The summed E-state index contributed by atoms with van der Waals surface area (Å²) in [5.74, 6) is -1.41. The third kappa shape index (κ3) is 4.40. The summed E-state index contributed by atoms with van der Waals surface area (Å²) in [6, 6.07) is 12.1. The van der Waals surface area contributed by atoms with Crippen molar-refractivity contribution in [3.8, 4) is 6.07 Å². The van der Waals surface area contributed by atoms with Crippen LogP contribution in [-0.2, 0) is 16.0 Å². The first kappa shape index (κ1) is 21.2. The van der Waals surface area contributed by atoms with Gasteiger partial charge in [0.25, 0.3) is 5.91 Å². The summed E-state index contributed by atoms with van der Waals surface area (Å²) in [6.45, 7) is 0. The summed E-state index contributed by atoms with van der Waals surface area (Å²) in [4.78, 5) is 26.6. The number of hydrogen-bond donors (Lipinski definition) is 1. The highest BCUT2D eigenvalue weighted by Gasteiger charge is 2.40. The van der Waals surface area contributed by atoms with Crippen LogP contribution in [0.25, 0.3) is 0 Å². The van der Waals surface area contributed by atoms with E-state index in [1.807, 2.05) is 6.07 Å². The van der Waals surface area contributed by atoms with E-state index in [9.17, 15) is 19.2 Å². The molecule has 0 radical (unpaired) electrons. The van der Waals surface area contributed by atoms with E-state index < -0.39 is 17.0 Å². The maximum atomic E-state index is 13.4. The predicted molar refractivity (Wildman–Crippen MR) is 112 cm³/mol. The fraction of sp³-hybridized carbons (Fsp3) is 0.150. The van der Waals surface area contributed by atoms with Crippen molar-refractivity contribution in [2.24, 2.45) is 0 Å². The molecule has 1 aliphatic heterocycles. The van der Waals surface area contributed by atoms with Crippen molar-refractivity contribution in [1.82, 2.24) is 5.32 Å². The Morgan fingerprint density at radius 1 is 1.28 bits per heavy atom. The molecule has 1 heterocycles. The van der Waals surface area contributed by atoms with Gasteiger partial charge in [0.15, 0.2) is 0 Å². The van der Waals surface area contributed by atoms with Crippen LogP contribution in [0.4, 0.5) is 10.1 Å². The molecule has 1 saturated heterocycles. The Balaban J connectivity index is 2.05. The number of likely N-dealkylation sites (N-methyl/N-ethyl adjacent to an activating group) is 1. The Bertz CT molecular complexity index is 1050. The van der Waals surface area contributed by atoms with Crippen LogP contribution in [-0.4, -0.2) is 24.1 Å².